The van der Waals surface area contributed by atoms with E-state index in [0.29, 0.717) is 5.56 Å². The van der Waals surface area contributed by atoms with E-state index in [2.05, 4.69) is 27.3 Å². The van der Waals surface area contributed by atoms with Gasteiger partial charge in [0, 0.05) is 53.5 Å². The molecule has 0 fully saturated rings. The Balaban J connectivity index is 1.67. The van der Waals surface area contributed by atoms with E-state index in [1.165, 1.54) is 0 Å². The van der Waals surface area contributed by atoms with E-state index < -0.39 is 0 Å². The Kier molecular flexibility index (Phi) is 4.23. The Morgan fingerprint density at radius 1 is 1.19 bits per heavy atom. The van der Waals surface area contributed by atoms with Gasteiger partial charge in [-0.05, 0) is 36.2 Å². The number of fused-ring (bicyclic) bond motifs is 1. The molecule has 0 atom stereocenters. The van der Waals surface area contributed by atoms with Crippen LogP contribution in [0.3, 0.4) is 0 Å². The van der Waals surface area contributed by atoms with Crippen LogP contribution in [0.4, 0.5) is 5.69 Å². The van der Waals surface area contributed by atoms with Gasteiger partial charge in [0.05, 0.1) is 11.8 Å². The highest BCUT2D eigenvalue weighted by Gasteiger charge is 2.13. The fourth-order valence-corrected chi connectivity index (χ4v) is 2.99. The molecule has 0 radical (unpaired) electrons. The van der Waals surface area contributed by atoms with Gasteiger partial charge in [-0.25, -0.2) is 0 Å². The number of benzene rings is 1. The first kappa shape index (κ1) is 16.1. The van der Waals surface area contributed by atoms with Crippen LogP contribution in [0.2, 0.25) is 0 Å². The van der Waals surface area contributed by atoms with Crippen molar-refractivity contribution in [1.82, 2.24) is 19.7 Å². The van der Waals surface area contributed by atoms with Crippen molar-refractivity contribution in [2.24, 2.45) is 0 Å². The van der Waals surface area contributed by atoms with Crippen LogP contribution in [-0.2, 0) is 6.54 Å². The van der Waals surface area contributed by atoms with Crippen molar-refractivity contribution in [3.05, 3.63) is 66.9 Å². The molecule has 0 bridgehead atoms. The summed E-state index contributed by atoms with van der Waals surface area (Å²) in [7, 11) is 0. The summed E-state index contributed by atoms with van der Waals surface area (Å²) in [5, 5.41) is 8.17. The van der Waals surface area contributed by atoms with E-state index in [0.717, 1.165) is 40.7 Å². The second-order valence-corrected chi connectivity index (χ2v) is 6.14. The summed E-state index contributed by atoms with van der Waals surface area (Å²) in [4.78, 5) is 19.8. The monoisotopic (exact) mass is 345 g/mol. The number of carbonyl (C=O) groups excluding carboxylic acids is 1. The molecule has 2 N–H and O–H groups in total. The van der Waals surface area contributed by atoms with Crippen molar-refractivity contribution >= 4 is 22.5 Å². The molecule has 1 amide bonds. The topological polar surface area (TPSA) is 75.6 Å². The maximum Gasteiger partial charge on any atom is 0.257 e. The molecule has 3 aromatic heterocycles. The summed E-state index contributed by atoms with van der Waals surface area (Å²) in [6.07, 6.45) is 9.98. The third-order valence-corrected chi connectivity index (χ3v) is 4.28. The first-order valence-electron chi connectivity index (χ1n) is 8.60. The summed E-state index contributed by atoms with van der Waals surface area (Å²) in [6.45, 7) is 3.02. The number of H-pyrrole nitrogens is 1. The van der Waals surface area contributed by atoms with Crippen LogP contribution >= 0.6 is 0 Å². The molecule has 3 heterocycles. The van der Waals surface area contributed by atoms with Gasteiger partial charge in [-0.2, -0.15) is 5.10 Å². The fourth-order valence-electron chi connectivity index (χ4n) is 2.99. The highest BCUT2D eigenvalue weighted by atomic mass is 16.1. The predicted octanol–water partition coefficient (Wildman–Crippen LogP) is 4.09. The second-order valence-electron chi connectivity index (χ2n) is 6.14. The molecule has 6 heteroatoms. The summed E-state index contributed by atoms with van der Waals surface area (Å²) in [5.74, 6) is -0.152. The van der Waals surface area contributed by atoms with Crippen molar-refractivity contribution in [1.29, 1.82) is 0 Å². The van der Waals surface area contributed by atoms with Gasteiger partial charge >= 0.3 is 0 Å². The average molecular weight is 345 g/mol. The number of aryl methyl sites for hydroxylation is 1. The van der Waals surface area contributed by atoms with Crippen LogP contribution in [0.15, 0.2) is 61.3 Å². The number of nitrogens with zero attached hydrogens (tertiary/aromatic N) is 3. The number of pyridine rings is 1. The normalized spacial score (nSPS) is 11.0. The standard InChI is InChI=1S/C20H19N5O/c1-2-9-25-13-15(11-23-25)14-3-4-19-17(10-14)18(12-22-19)20(26)24-16-5-7-21-8-6-16/h3-8,10-13,22H,2,9H2,1H3,(H,21,24,26). The van der Waals surface area contributed by atoms with Gasteiger partial charge in [0.15, 0.2) is 0 Å². The first-order valence-corrected chi connectivity index (χ1v) is 8.60. The molecule has 0 aliphatic rings. The molecule has 6 nitrogen and oxygen atoms in total. The number of amides is 1. The molecule has 0 spiro atoms. The number of aromatic amines is 1. The highest BCUT2D eigenvalue weighted by Crippen LogP contribution is 2.26. The largest absolute Gasteiger partial charge is 0.360 e. The van der Waals surface area contributed by atoms with E-state index >= 15 is 0 Å². The van der Waals surface area contributed by atoms with Gasteiger partial charge < -0.3 is 10.3 Å². The number of nitrogens with one attached hydrogen (secondary N) is 2. The minimum Gasteiger partial charge on any atom is -0.360 e. The molecule has 4 aromatic rings. The fraction of sp³-hybridized carbons (Fsp3) is 0.150. The average Bonchev–Trinajstić information content (AvgIpc) is 3.29. The number of rotatable bonds is 5. The summed E-state index contributed by atoms with van der Waals surface area (Å²) in [5.41, 5.74) is 4.34. The van der Waals surface area contributed by atoms with E-state index in [1.54, 1.807) is 30.7 Å². The molecular formula is C20H19N5O. The smallest absolute Gasteiger partial charge is 0.257 e. The molecule has 130 valence electrons. The lowest BCUT2D eigenvalue weighted by atomic mass is 10.1. The number of aromatic nitrogens is 4. The highest BCUT2D eigenvalue weighted by molar-refractivity contribution is 6.13. The van der Waals surface area contributed by atoms with E-state index in [9.17, 15) is 4.79 Å². The van der Waals surface area contributed by atoms with Crippen LogP contribution in [-0.4, -0.2) is 25.7 Å². The zero-order valence-corrected chi connectivity index (χ0v) is 14.4. The van der Waals surface area contributed by atoms with Crippen molar-refractivity contribution in [2.45, 2.75) is 19.9 Å². The van der Waals surface area contributed by atoms with E-state index in [1.807, 2.05) is 35.3 Å². The minimum atomic E-state index is -0.152. The molecular weight excluding hydrogens is 326 g/mol. The van der Waals surface area contributed by atoms with Gasteiger partial charge in [-0.15, -0.1) is 0 Å². The van der Waals surface area contributed by atoms with Crippen molar-refractivity contribution < 1.29 is 4.79 Å². The van der Waals surface area contributed by atoms with E-state index in [4.69, 9.17) is 0 Å². The van der Waals surface area contributed by atoms with E-state index in [-0.39, 0.29) is 5.91 Å². The van der Waals surface area contributed by atoms with Crippen LogP contribution in [0.25, 0.3) is 22.0 Å². The van der Waals surface area contributed by atoms with Gasteiger partial charge in [-0.1, -0.05) is 13.0 Å². The second kappa shape index (κ2) is 6.84. The Hall–Kier alpha value is -3.41. The molecule has 0 aliphatic heterocycles. The lowest BCUT2D eigenvalue weighted by Gasteiger charge is -2.04. The molecule has 1 aromatic carbocycles. The third kappa shape index (κ3) is 3.09. The first-order chi connectivity index (χ1) is 12.7. The number of anilines is 1. The zero-order chi connectivity index (χ0) is 17.9. The van der Waals surface area contributed by atoms with Crippen molar-refractivity contribution in [3.63, 3.8) is 0 Å². The van der Waals surface area contributed by atoms with Crippen molar-refractivity contribution in [2.75, 3.05) is 5.32 Å². The van der Waals surface area contributed by atoms with Crippen LogP contribution in [0, 0.1) is 0 Å². The Morgan fingerprint density at radius 2 is 2.04 bits per heavy atom. The van der Waals surface area contributed by atoms with Gasteiger partial charge in [0.2, 0.25) is 0 Å². The molecule has 0 aliphatic carbocycles. The van der Waals surface area contributed by atoms with Gasteiger partial charge in [0.1, 0.15) is 0 Å². The van der Waals surface area contributed by atoms with Crippen LogP contribution in [0.5, 0.6) is 0 Å². The Bertz CT molecular complexity index is 1050. The molecule has 26 heavy (non-hydrogen) atoms. The van der Waals surface area contributed by atoms with Crippen LogP contribution in [0.1, 0.15) is 23.7 Å². The van der Waals surface area contributed by atoms with Crippen LogP contribution < -0.4 is 5.32 Å². The lowest BCUT2D eigenvalue weighted by molar-refractivity contribution is 0.102. The third-order valence-electron chi connectivity index (χ3n) is 4.28. The molecule has 4 rings (SSSR count). The van der Waals surface area contributed by atoms with Gasteiger partial charge in [0.25, 0.3) is 5.91 Å². The van der Waals surface area contributed by atoms with Gasteiger partial charge in [-0.3, -0.25) is 14.5 Å². The number of hydrogen-bond acceptors (Lipinski definition) is 3. The summed E-state index contributed by atoms with van der Waals surface area (Å²) < 4.78 is 1.94. The number of carbonyl (C=O) groups is 1. The summed E-state index contributed by atoms with van der Waals surface area (Å²) >= 11 is 0. The molecule has 0 unspecified atom stereocenters. The Labute approximate surface area is 150 Å². The lowest BCUT2D eigenvalue weighted by Crippen LogP contribution is -2.11. The predicted molar refractivity (Wildman–Crippen MR) is 102 cm³/mol. The number of hydrogen-bond donors (Lipinski definition) is 2. The molecule has 0 saturated carbocycles. The van der Waals surface area contributed by atoms with Crippen molar-refractivity contribution in [3.8, 4) is 11.1 Å². The quantitative estimate of drug-likeness (QED) is 0.572. The SMILES string of the molecule is CCCn1cc(-c2ccc3[nH]cc(C(=O)Nc4ccncc4)c3c2)cn1. The summed E-state index contributed by atoms with van der Waals surface area (Å²) in [6, 6.07) is 9.59. The maximum absolute atomic E-state index is 12.7. The minimum absolute atomic E-state index is 0.152. The Morgan fingerprint density at radius 3 is 2.85 bits per heavy atom. The zero-order valence-electron chi connectivity index (χ0n) is 14.4. The maximum atomic E-state index is 12.7. The molecule has 0 saturated heterocycles.